The Bertz CT molecular complexity index is 895. The SMILES string of the molecule is COc1ccccc1C(=O)NC(=O)COC(=O)COc1ccccc1C(N)=O. The van der Waals surface area contributed by atoms with Crippen molar-refractivity contribution in [2.75, 3.05) is 20.3 Å². The van der Waals surface area contributed by atoms with Crippen molar-refractivity contribution in [1.29, 1.82) is 0 Å². The highest BCUT2D eigenvalue weighted by Crippen LogP contribution is 2.17. The number of rotatable bonds is 8. The van der Waals surface area contributed by atoms with Crippen molar-refractivity contribution in [1.82, 2.24) is 5.32 Å². The molecule has 2 aromatic rings. The largest absolute Gasteiger partial charge is 0.496 e. The first-order chi connectivity index (χ1) is 13.4. The number of para-hydroxylation sites is 2. The van der Waals surface area contributed by atoms with E-state index in [-0.39, 0.29) is 16.9 Å². The zero-order chi connectivity index (χ0) is 20.5. The van der Waals surface area contributed by atoms with E-state index in [0.717, 1.165) is 0 Å². The minimum absolute atomic E-state index is 0.107. The molecule has 0 unspecified atom stereocenters. The first kappa shape index (κ1) is 20.4. The van der Waals surface area contributed by atoms with Gasteiger partial charge in [0.15, 0.2) is 13.2 Å². The van der Waals surface area contributed by atoms with Crippen LogP contribution >= 0.6 is 0 Å². The van der Waals surface area contributed by atoms with Crippen LogP contribution in [0.25, 0.3) is 0 Å². The fourth-order valence-electron chi connectivity index (χ4n) is 2.18. The lowest BCUT2D eigenvalue weighted by atomic mass is 10.2. The molecule has 0 bridgehead atoms. The molecular formula is C19H18N2O7. The van der Waals surface area contributed by atoms with E-state index in [0.29, 0.717) is 5.75 Å². The maximum absolute atomic E-state index is 12.1. The van der Waals surface area contributed by atoms with E-state index in [1.165, 1.54) is 25.3 Å². The number of methoxy groups -OCH3 is 1. The van der Waals surface area contributed by atoms with Gasteiger partial charge in [-0.05, 0) is 24.3 Å². The normalized spacial score (nSPS) is 9.89. The van der Waals surface area contributed by atoms with E-state index < -0.39 is 36.9 Å². The third-order valence-electron chi connectivity index (χ3n) is 3.47. The van der Waals surface area contributed by atoms with Gasteiger partial charge in [-0.25, -0.2) is 4.79 Å². The summed E-state index contributed by atoms with van der Waals surface area (Å²) < 4.78 is 15.0. The van der Waals surface area contributed by atoms with E-state index in [1.807, 2.05) is 0 Å². The zero-order valence-electron chi connectivity index (χ0n) is 15.0. The van der Waals surface area contributed by atoms with Crippen molar-refractivity contribution in [3.63, 3.8) is 0 Å². The lowest BCUT2D eigenvalue weighted by Crippen LogP contribution is -2.35. The topological polar surface area (TPSA) is 134 Å². The van der Waals surface area contributed by atoms with Gasteiger partial charge in [0.05, 0.1) is 18.2 Å². The van der Waals surface area contributed by atoms with Crippen LogP contribution in [0.2, 0.25) is 0 Å². The average Bonchev–Trinajstić information content (AvgIpc) is 2.70. The molecule has 0 fully saturated rings. The number of carbonyl (C=O) groups is 4. The second-order valence-electron chi connectivity index (χ2n) is 5.39. The molecule has 9 heteroatoms. The Hall–Kier alpha value is -3.88. The van der Waals surface area contributed by atoms with Gasteiger partial charge in [0, 0.05) is 0 Å². The molecule has 0 saturated carbocycles. The summed E-state index contributed by atoms with van der Waals surface area (Å²) in [6.07, 6.45) is 0. The molecule has 0 atom stereocenters. The van der Waals surface area contributed by atoms with Gasteiger partial charge < -0.3 is 19.9 Å². The lowest BCUT2D eigenvalue weighted by Gasteiger charge is -2.10. The molecule has 9 nitrogen and oxygen atoms in total. The highest BCUT2D eigenvalue weighted by molar-refractivity contribution is 6.06. The number of nitrogens with one attached hydrogen (secondary N) is 1. The zero-order valence-corrected chi connectivity index (χ0v) is 15.0. The van der Waals surface area contributed by atoms with Crippen LogP contribution in [-0.2, 0) is 14.3 Å². The van der Waals surface area contributed by atoms with Crippen molar-refractivity contribution in [3.05, 3.63) is 59.7 Å². The van der Waals surface area contributed by atoms with E-state index in [1.54, 1.807) is 30.3 Å². The Kier molecular flexibility index (Phi) is 7.09. The number of hydrogen-bond donors (Lipinski definition) is 2. The fraction of sp³-hybridized carbons (Fsp3) is 0.158. The van der Waals surface area contributed by atoms with Gasteiger partial charge in [-0.15, -0.1) is 0 Å². The molecule has 146 valence electrons. The Balaban J connectivity index is 1.82. The Morgan fingerprint density at radius 1 is 0.893 bits per heavy atom. The summed E-state index contributed by atoms with van der Waals surface area (Å²) in [5, 5.41) is 2.09. The standard InChI is InChI=1S/C19H18N2O7/c1-26-14-8-4-3-7-13(14)19(25)21-16(22)10-28-17(23)11-27-15-9-5-2-6-12(15)18(20)24/h2-9H,10-11H2,1H3,(H2,20,24)(H,21,22,25). The van der Waals surface area contributed by atoms with E-state index in [2.05, 4.69) is 5.32 Å². The number of imide groups is 1. The molecule has 2 aromatic carbocycles. The summed E-state index contributed by atoms with van der Waals surface area (Å²) in [7, 11) is 1.39. The predicted molar refractivity (Wildman–Crippen MR) is 96.9 cm³/mol. The summed E-state index contributed by atoms with van der Waals surface area (Å²) >= 11 is 0. The van der Waals surface area contributed by atoms with Crippen LogP contribution in [0, 0.1) is 0 Å². The number of amides is 3. The average molecular weight is 386 g/mol. The summed E-state index contributed by atoms with van der Waals surface area (Å²) in [5.74, 6) is -2.67. The molecule has 0 aromatic heterocycles. The maximum atomic E-state index is 12.1. The molecular weight excluding hydrogens is 368 g/mol. The summed E-state index contributed by atoms with van der Waals surface area (Å²) in [6, 6.07) is 12.4. The van der Waals surface area contributed by atoms with Crippen LogP contribution < -0.4 is 20.5 Å². The van der Waals surface area contributed by atoms with E-state index in [9.17, 15) is 19.2 Å². The van der Waals surface area contributed by atoms with Crippen molar-refractivity contribution < 1.29 is 33.4 Å². The third-order valence-corrected chi connectivity index (χ3v) is 3.47. The highest BCUT2D eigenvalue weighted by atomic mass is 16.6. The number of primary amides is 1. The first-order valence-corrected chi connectivity index (χ1v) is 8.06. The highest BCUT2D eigenvalue weighted by Gasteiger charge is 2.16. The minimum Gasteiger partial charge on any atom is -0.496 e. The Morgan fingerprint density at radius 3 is 2.14 bits per heavy atom. The molecule has 2 rings (SSSR count). The number of carbonyl (C=O) groups excluding carboxylic acids is 4. The van der Waals surface area contributed by atoms with Crippen LogP contribution in [0.1, 0.15) is 20.7 Å². The first-order valence-electron chi connectivity index (χ1n) is 8.06. The fourth-order valence-corrected chi connectivity index (χ4v) is 2.18. The van der Waals surface area contributed by atoms with Crippen LogP contribution in [0.5, 0.6) is 11.5 Å². The Morgan fingerprint density at radius 2 is 1.50 bits per heavy atom. The minimum atomic E-state index is -0.862. The molecule has 0 heterocycles. The number of nitrogens with two attached hydrogens (primary N) is 1. The Labute approximate surface area is 160 Å². The van der Waals surface area contributed by atoms with Crippen LogP contribution in [0.3, 0.4) is 0 Å². The number of ether oxygens (including phenoxy) is 3. The smallest absolute Gasteiger partial charge is 0.344 e. The van der Waals surface area contributed by atoms with Crippen LogP contribution in [-0.4, -0.2) is 44.0 Å². The van der Waals surface area contributed by atoms with Crippen molar-refractivity contribution >= 4 is 23.7 Å². The monoisotopic (exact) mass is 386 g/mol. The molecule has 28 heavy (non-hydrogen) atoms. The van der Waals surface area contributed by atoms with E-state index in [4.69, 9.17) is 19.9 Å². The number of hydrogen-bond acceptors (Lipinski definition) is 7. The van der Waals surface area contributed by atoms with Crippen LogP contribution in [0.15, 0.2) is 48.5 Å². The molecule has 0 aliphatic rings. The van der Waals surface area contributed by atoms with Gasteiger partial charge in [-0.2, -0.15) is 0 Å². The van der Waals surface area contributed by atoms with Crippen molar-refractivity contribution in [3.8, 4) is 11.5 Å². The molecule has 0 radical (unpaired) electrons. The van der Waals surface area contributed by atoms with Gasteiger partial charge in [0.1, 0.15) is 11.5 Å². The predicted octanol–water partition coefficient (Wildman–Crippen LogP) is 0.673. The van der Waals surface area contributed by atoms with Gasteiger partial charge in [0.25, 0.3) is 17.7 Å². The molecule has 0 spiro atoms. The van der Waals surface area contributed by atoms with Gasteiger partial charge in [0.2, 0.25) is 0 Å². The summed E-state index contributed by atoms with van der Waals surface area (Å²) in [5.41, 5.74) is 5.48. The van der Waals surface area contributed by atoms with Gasteiger partial charge in [-0.1, -0.05) is 24.3 Å². The molecule has 0 aliphatic carbocycles. The van der Waals surface area contributed by atoms with Crippen molar-refractivity contribution in [2.45, 2.75) is 0 Å². The molecule has 0 saturated heterocycles. The quantitative estimate of drug-likeness (QED) is 0.637. The summed E-state index contributed by atoms with van der Waals surface area (Å²) in [4.78, 5) is 46.9. The van der Waals surface area contributed by atoms with Crippen LogP contribution in [0.4, 0.5) is 0 Å². The molecule has 3 N–H and O–H groups in total. The third kappa shape index (κ3) is 5.56. The number of esters is 1. The maximum Gasteiger partial charge on any atom is 0.344 e. The van der Waals surface area contributed by atoms with Gasteiger partial charge >= 0.3 is 5.97 Å². The second kappa shape index (κ2) is 9.72. The second-order valence-corrected chi connectivity index (χ2v) is 5.39. The molecule has 3 amide bonds. The van der Waals surface area contributed by atoms with E-state index >= 15 is 0 Å². The summed E-state index contributed by atoms with van der Waals surface area (Å²) in [6.45, 7) is -1.22. The lowest BCUT2D eigenvalue weighted by molar-refractivity contribution is -0.150. The molecule has 0 aliphatic heterocycles. The van der Waals surface area contributed by atoms with Crippen molar-refractivity contribution in [2.24, 2.45) is 5.73 Å². The number of benzene rings is 2. The van der Waals surface area contributed by atoms with Gasteiger partial charge in [-0.3, -0.25) is 19.7 Å².